The van der Waals surface area contributed by atoms with E-state index in [1.54, 1.807) is 6.07 Å². The van der Waals surface area contributed by atoms with Crippen LogP contribution in [0.15, 0.2) is 18.2 Å². The molecule has 0 fully saturated rings. The molecule has 0 aliphatic heterocycles. The van der Waals surface area contributed by atoms with E-state index in [0.29, 0.717) is 0 Å². The molecule has 86 valence electrons. The van der Waals surface area contributed by atoms with Gasteiger partial charge in [-0.3, -0.25) is 0 Å². The van der Waals surface area contributed by atoms with Crippen LogP contribution in [-0.4, -0.2) is 24.3 Å². The van der Waals surface area contributed by atoms with Crippen molar-refractivity contribution in [3.05, 3.63) is 23.8 Å². The average molecular weight is 230 g/mol. The first-order valence-corrected chi connectivity index (χ1v) is 4.69. The van der Waals surface area contributed by atoms with E-state index in [2.05, 4.69) is 11.8 Å². The lowest BCUT2D eigenvalue weighted by molar-refractivity contribution is 0.0692. The van der Waals surface area contributed by atoms with Crippen molar-refractivity contribution in [3.8, 4) is 36.2 Å². The van der Waals surface area contributed by atoms with E-state index in [-0.39, 0.29) is 30.3 Å². The molecule has 0 amide bonds. The second kappa shape index (κ2) is 6.09. The van der Waals surface area contributed by atoms with Gasteiger partial charge in [-0.2, -0.15) is 0 Å². The number of aromatic carboxylic acids is 1. The zero-order valence-electron chi connectivity index (χ0n) is 8.97. The van der Waals surface area contributed by atoms with E-state index < -0.39 is 5.97 Å². The molecule has 0 saturated carbocycles. The monoisotopic (exact) mass is 230 g/mol. The van der Waals surface area contributed by atoms with Crippen LogP contribution in [0, 0.1) is 24.7 Å². The van der Waals surface area contributed by atoms with Crippen LogP contribution in [0.2, 0.25) is 0 Å². The quantitative estimate of drug-likeness (QED) is 0.777. The molecule has 1 rings (SSSR count). The van der Waals surface area contributed by atoms with Crippen molar-refractivity contribution in [1.82, 2.24) is 0 Å². The molecular formula is C13H10O4. The SMILES string of the molecule is C#CCOc1cccc(C(=O)O)c1OCC#C. The third kappa shape index (κ3) is 3.19. The first-order chi connectivity index (χ1) is 8.20. The highest BCUT2D eigenvalue weighted by Crippen LogP contribution is 2.31. The molecule has 4 heteroatoms. The van der Waals surface area contributed by atoms with Crippen LogP contribution in [0.4, 0.5) is 0 Å². The van der Waals surface area contributed by atoms with Crippen molar-refractivity contribution < 1.29 is 19.4 Å². The highest BCUT2D eigenvalue weighted by atomic mass is 16.5. The van der Waals surface area contributed by atoms with Gasteiger partial charge in [-0.15, -0.1) is 12.8 Å². The maximum absolute atomic E-state index is 11.0. The minimum atomic E-state index is -1.12. The summed E-state index contributed by atoms with van der Waals surface area (Å²) < 4.78 is 10.3. The lowest BCUT2D eigenvalue weighted by Gasteiger charge is -2.11. The molecule has 0 heterocycles. The Labute approximate surface area is 99.2 Å². The van der Waals surface area contributed by atoms with Gasteiger partial charge in [-0.05, 0) is 12.1 Å². The molecule has 0 aromatic heterocycles. The van der Waals surface area contributed by atoms with E-state index in [9.17, 15) is 4.79 Å². The van der Waals surface area contributed by atoms with Crippen LogP contribution in [0.25, 0.3) is 0 Å². The van der Waals surface area contributed by atoms with Crippen LogP contribution >= 0.6 is 0 Å². The highest BCUT2D eigenvalue weighted by molar-refractivity contribution is 5.92. The predicted octanol–water partition coefficient (Wildman–Crippen LogP) is 1.41. The number of terminal acetylenes is 2. The molecule has 0 bridgehead atoms. The second-order valence-electron chi connectivity index (χ2n) is 2.92. The summed E-state index contributed by atoms with van der Waals surface area (Å²) in [6.07, 6.45) is 10.1. The van der Waals surface area contributed by atoms with Crippen molar-refractivity contribution in [3.63, 3.8) is 0 Å². The summed E-state index contributed by atoms with van der Waals surface area (Å²) in [4.78, 5) is 11.0. The number of para-hydroxylation sites is 1. The third-order valence-electron chi connectivity index (χ3n) is 1.82. The van der Waals surface area contributed by atoms with E-state index >= 15 is 0 Å². The molecule has 17 heavy (non-hydrogen) atoms. The van der Waals surface area contributed by atoms with Crippen molar-refractivity contribution in [2.24, 2.45) is 0 Å². The van der Waals surface area contributed by atoms with Crippen LogP contribution in [0.3, 0.4) is 0 Å². The lowest BCUT2D eigenvalue weighted by atomic mass is 10.2. The van der Waals surface area contributed by atoms with Crippen molar-refractivity contribution >= 4 is 5.97 Å². The molecule has 1 N–H and O–H groups in total. The Morgan fingerprint density at radius 1 is 1.24 bits per heavy atom. The first-order valence-electron chi connectivity index (χ1n) is 4.69. The molecule has 1 aromatic carbocycles. The van der Waals surface area contributed by atoms with E-state index in [1.807, 2.05) is 0 Å². The lowest BCUT2D eigenvalue weighted by Crippen LogP contribution is -2.06. The van der Waals surface area contributed by atoms with Crippen LogP contribution < -0.4 is 9.47 Å². The minimum Gasteiger partial charge on any atom is -0.478 e. The van der Waals surface area contributed by atoms with Gasteiger partial charge in [0.05, 0.1) is 0 Å². The first kappa shape index (κ1) is 12.5. The maximum Gasteiger partial charge on any atom is 0.339 e. The van der Waals surface area contributed by atoms with Gasteiger partial charge in [0.1, 0.15) is 18.8 Å². The number of hydrogen-bond donors (Lipinski definition) is 1. The van der Waals surface area contributed by atoms with Gasteiger partial charge in [0.2, 0.25) is 0 Å². The number of benzene rings is 1. The van der Waals surface area contributed by atoms with Gasteiger partial charge in [0, 0.05) is 0 Å². The fourth-order valence-electron chi connectivity index (χ4n) is 1.18. The molecular weight excluding hydrogens is 220 g/mol. The number of carboxylic acid groups (broad SMARTS) is 1. The summed E-state index contributed by atoms with van der Waals surface area (Å²) in [7, 11) is 0. The predicted molar refractivity (Wildman–Crippen MR) is 62.1 cm³/mol. The number of carbonyl (C=O) groups is 1. The van der Waals surface area contributed by atoms with Gasteiger partial charge in [-0.1, -0.05) is 17.9 Å². The average Bonchev–Trinajstić information content (AvgIpc) is 2.33. The Morgan fingerprint density at radius 3 is 2.47 bits per heavy atom. The zero-order valence-corrected chi connectivity index (χ0v) is 8.97. The summed E-state index contributed by atoms with van der Waals surface area (Å²) in [6, 6.07) is 4.50. The molecule has 0 unspecified atom stereocenters. The molecule has 0 radical (unpaired) electrons. The van der Waals surface area contributed by atoms with Crippen molar-refractivity contribution in [2.75, 3.05) is 13.2 Å². The molecule has 0 atom stereocenters. The minimum absolute atomic E-state index is 0.0187. The summed E-state index contributed by atoms with van der Waals surface area (Å²) in [5.74, 6) is 3.77. The Kier molecular flexibility index (Phi) is 4.47. The fourth-order valence-corrected chi connectivity index (χ4v) is 1.18. The standard InChI is InChI=1S/C13H10O4/c1-3-8-16-11-7-5-6-10(13(14)15)12(11)17-9-4-2/h1-2,5-7H,8-9H2,(H,14,15). The zero-order chi connectivity index (χ0) is 12.7. The van der Waals surface area contributed by atoms with Crippen molar-refractivity contribution in [1.29, 1.82) is 0 Å². The highest BCUT2D eigenvalue weighted by Gasteiger charge is 2.16. The summed E-state index contributed by atoms with van der Waals surface area (Å²) in [5.41, 5.74) is -0.0187. The van der Waals surface area contributed by atoms with E-state index in [1.165, 1.54) is 12.1 Å². The van der Waals surface area contributed by atoms with Gasteiger partial charge in [-0.25, -0.2) is 4.79 Å². The summed E-state index contributed by atoms with van der Waals surface area (Å²) >= 11 is 0. The molecule has 0 spiro atoms. The van der Waals surface area contributed by atoms with Crippen LogP contribution in [-0.2, 0) is 0 Å². The topological polar surface area (TPSA) is 55.8 Å². The second-order valence-corrected chi connectivity index (χ2v) is 2.92. The number of rotatable bonds is 5. The molecule has 0 aliphatic rings. The van der Waals surface area contributed by atoms with E-state index in [0.717, 1.165) is 0 Å². The number of ether oxygens (including phenoxy) is 2. The van der Waals surface area contributed by atoms with Crippen LogP contribution in [0.5, 0.6) is 11.5 Å². The Morgan fingerprint density at radius 2 is 1.88 bits per heavy atom. The Balaban J connectivity index is 3.11. The number of carboxylic acids is 1. The molecule has 4 nitrogen and oxygen atoms in total. The molecule has 0 aliphatic carbocycles. The smallest absolute Gasteiger partial charge is 0.339 e. The van der Waals surface area contributed by atoms with Gasteiger partial charge in [0.15, 0.2) is 11.5 Å². The molecule has 1 aromatic rings. The van der Waals surface area contributed by atoms with Crippen molar-refractivity contribution in [2.45, 2.75) is 0 Å². The number of hydrogen-bond acceptors (Lipinski definition) is 3. The third-order valence-corrected chi connectivity index (χ3v) is 1.82. The van der Waals surface area contributed by atoms with Gasteiger partial charge < -0.3 is 14.6 Å². The van der Waals surface area contributed by atoms with E-state index in [4.69, 9.17) is 27.4 Å². The summed E-state index contributed by atoms with van der Waals surface area (Å²) in [5, 5.41) is 8.99. The fraction of sp³-hybridized carbons (Fsp3) is 0.154. The molecule has 0 saturated heterocycles. The van der Waals surface area contributed by atoms with Gasteiger partial charge >= 0.3 is 5.97 Å². The largest absolute Gasteiger partial charge is 0.478 e. The Bertz CT molecular complexity index is 491. The van der Waals surface area contributed by atoms with Crippen LogP contribution in [0.1, 0.15) is 10.4 Å². The Hall–Kier alpha value is -2.59. The normalized spacial score (nSPS) is 8.82. The van der Waals surface area contributed by atoms with Gasteiger partial charge in [0.25, 0.3) is 0 Å². The summed E-state index contributed by atoms with van der Waals surface area (Å²) in [6.45, 7) is -0.0216. The maximum atomic E-state index is 11.0.